The van der Waals surface area contributed by atoms with Crippen molar-refractivity contribution in [1.29, 1.82) is 0 Å². The molecule has 0 saturated carbocycles. The van der Waals surface area contributed by atoms with Gasteiger partial charge in [-0.05, 0) is 0 Å². The first-order valence-corrected chi connectivity index (χ1v) is 3.81. The lowest BCUT2D eigenvalue weighted by Gasteiger charge is -1.97. The lowest BCUT2D eigenvalue weighted by Crippen LogP contribution is -2.35. The van der Waals surface area contributed by atoms with E-state index in [1.807, 2.05) is 0 Å². The number of urea groups is 1. The fourth-order valence-corrected chi connectivity index (χ4v) is 0.722. The Bertz CT molecular complexity index is 296. The number of rotatable bonds is 2. The lowest BCUT2D eigenvalue weighted by molar-refractivity contribution is 0.252. The maximum atomic E-state index is 10.5. The number of nitrogens with one attached hydrogen (secondary N) is 1. The van der Waals surface area contributed by atoms with Crippen LogP contribution in [0.3, 0.4) is 0 Å². The Hall–Kier alpha value is -1.42. The molecular weight excluding hydrogens is 172 g/mol. The van der Waals surface area contributed by atoms with Gasteiger partial charge in [0, 0.05) is 6.92 Å². The van der Waals surface area contributed by atoms with E-state index >= 15 is 0 Å². The van der Waals surface area contributed by atoms with Gasteiger partial charge in [0.25, 0.3) is 0 Å². The van der Waals surface area contributed by atoms with Crippen LogP contribution in [0.5, 0.6) is 0 Å². The topological polar surface area (TPSA) is 98.5 Å². The molecule has 0 aliphatic heterocycles. The first kappa shape index (κ1) is 9.58. The van der Waals surface area contributed by atoms with Crippen LogP contribution in [0.2, 0.25) is 0 Å². The first-order chi connectivity index (χ1) is 4.98. The number of carbonyl (C=O) groups is 1. The highest BCUT2D eigenvalue weighted by atomic mass is 32.2. The van der Waals surface area contributed by atoms with Gasteiger partial charge in [-0.3, -0.25) is 0 Å². The van der Waals surface area contributed by atoms with Crippen LogP contribution in [-0.4, -0.2) is 14.4 Å². The van der Waals surface area contributed by atoms with Crippen LogP contribution >= 0.6 is 0 Å². The Balaban J connectivity index is 4.21. The van der Waals surface area contributed by atoms with Gasteiger partial charge in [0.2, 0.25) is 0 Å². The second-order valence-corrected chi connectivity index (χ2v) is 2.63. The summed E-state index contributed by atoms with van der Waals surface area (Å²) >= 11 is 0. The zero-order valence-electron chi connectivity index (χ0n) is 5.62. The highest BCUT2D eigenvalue weighted by Gasteiger charge is 2.10. The van der Waals surface area contributed by atoms with Crippen LogP contribution in [0.4, 0.5) is 4.79 Å². The van der Waals surface area contributed by atoms with Gasteiger partial charge >= 0.3 is 16.3 Å². The van der Waals surface area contributed by atoms with E-state index in [0.717, 1.165) is 0 Å². The van der Waals surface area contributed by atoms with Gasteiger partial charge in [-0.1, -0.05) is 5.92 Å². The van der Waals surface area contributed by atoms with Crippen LogP contribution in [0.1, 0.15) is 6.92 Å². The molecule has 0 aromatic heterocycles. The maximum absolute atomic E-state index is 10.5. The number of carbonyl (C=O) groups excluding carboxylic acids is 1. The number of hydrogen-bond acceptors (Lipinski definition) is 4. The summed E-state index contributed by atoms with van der Waals surface area (Å²) in [6, 6.07) is -1.22. The van der Waals surface area contributed by atoms with Crippen molar-refractivity contribution in [2.75, 3.05) is 0 Å². The molecule has 0 spiro atoms. The Kier molecular flexibility index (Phi) is 3.20. The van der Waals surface area contributed by atoms with Gasteiger partial charge in [-0.25, -0.2) is 9.52 Å². The molecule has 62 valence electrons. The molecule has 0 radical (unpaired) electrons. The standard InChI is InChI=1S/C4H6N2O4S/c1-2-3-10-11(8,9)6-4(5)7/h1H3,(H3,5,6,7). The summed E-state index contributed by atoms with van der Waals surface area (Å²) in [6.45, 7) is 1.37. The van der Waals surface area contributed by atoms with Gasteiger partial charge in [-0.15, -0.1) is 0 Å². The Labute approximate surface area is 64.0 Å². The molecule has 6 nitrogen and oxygen atoms in total. The molecular formula is C4H6N2O4S. The summed E-state index contributed by atoms with van der Waals surface area (Å²) in [7, 11) is -4.14. The maximum Gasteiger partial charge on any atom is 0.419 e. The van der Waals surface area contributed by atoms with Crippen molar-refractivity contribution in [3.8, 4) is 12.0 Å². The van der Waals surface area contributed by atoms with Gasteiger partial charge < -0.3 is 9.92 Å². The summed E-state index contributed by atoms with van der Waals surface area (Å²) in [6.07, 6.45) is 1.79. The fraction of sp³-hybridized carbons (Fsp3) is 0.250. The molecule has 0 fully saturated rings. The molecule has 3 N–H and O–H groups in total. The van der Waals surface area contributed by atoms with Gasteiger partial charge in [0.15, 0.2) is 0 Å². The predicted octanol–water partition coefficient (Wildman–Crippen LogP) is -1.10. The summed E-state index contributed by atoms with van der Waals surface area (Å²) < 4.78 is 26.2. The predicted molar refractivity (Wildman–Crippen MR) is 36.2 cm³/mol. The highest BCUT2D eigenvalue weighted by Crippen LogP contribution is 1.83. The molecule has 0 heterocycles. The normalized spacial score (nSPS) is 9.18. The molecule has 0 aromatic carbocycles. The Morgan fingerprint density at radius 2 is 2.18 bits per heavy atom. The molecule has 7 heteroatoms. The number of amides is 2. The van der Waals surface area contributed by atoms with E-state index in [1.165, 1.54) is 11.6 Å². The second-order valence-electron chi connectivity index (χ2n) is 1.36. The van der Waals surface area contributed by atoms with Crippen molar-refractivity contribution in [3.63, 3.8) is 0 Å². The van der Waals surface area contributed by atoms with Crippen LogP contribution in [0.15, 0.2) is 0 Å². The van der Waals surface area contributed by atoms with E-state index in [-0.39, 0.29) is 0 Å². The van der Waals surface area contributed by atoms with E-state index in [0.29, 0.717) is 0 Å². The van der Waals surface area contributed by atoms with Crippen LogP contribution < -0.4 is 10.5 Å². The monoisotopic (exact) mass is 178 g/mol. The van der Waals surface area contributed by atoms with Crippen molar-refractivity contribution in [3.05, 3.63) is 0 Å². The molecule has 0 saturated heterocycles. The van der Waals surface area contributed by atoms with E-state index in [4.69, 9.17) is 0 Å². The largest absolute Gasteiger partial charge is 0.419 e. The minimum absolute atomic E-state index is 1.22. The molecule has 11 heavy (non-hydrogen) atoms. The SMILES string of the molecule is CC#COS(=O)(=O)NC(N)=O. The highest BCUT2D eigenvalue weighted by molar-refractivity contribution is 7.85. The zero-order valence-corrected chi connectivity index (χ0v) is 6.44. The molecule has 0 rings (SSSR count). The quantitative estimate of drug-likeness (QED) is 0.524. The average Bonchev–Trinajstić information content (AvgIpc) is 1.81. The van der Waals surface area contributed by atoms with Crippen molar-refractivity contribution < 1.29 is 17.4 Å². The molecule has 0 aliphatic carbocycles. The molecule has 0 aliphatic rings. The van der Waals surface area contributed by atoms with E-state index in [1.54, 1.807) is 6.11 Å². The molecule has 2 amide bonds. The average molecular weight is 178 g/mol. The Morgan fingerprint density at radius 3 is 2.55 bits per heavy atom. The van der Waals surface area contributed by atoms with Crippen LogP contribution in [-0.2, 0) is 14.5 Å². The van der Waals surface area contributed by atoms with Gasteiger partial charge in [-0.2, -0.15) is 8.42 Å². The van der Waals surface area contributed by atoms with Crippen molar-refractivity contribution in [1.82, 2.24) is 4.72 Å². The number of primary amides is 1. The smallest absolute Gasteiger partial charge is 0.351 e. The number of hydrogen-bond donors (Lipinski definition) is 2. The van der Waals surface area contributed by atoms with Gasteiger partial charge in [0.05, 0.1) is 0 Å². The van der Waals surface area contributed by atoms with E-state index in [2.05, 4.69) is 15.8 Å². The van der Waals surface area contributed by atoms with Crippen molar-refractivity contribution >= 4 is 16.3 Å². The first-order valence-electron chi connectivity index (χ1n) is 2.40. The minimum atomic E-state index is -4.14. The van der Waals surface area contributed by atoms with Crippen LogP contribution in [0, 0.1) is 12.0 Å². The summed E-state index contributed by atoms with van der Waals surface area (Å²) in [5.41, 5.74) is 4.49. The number of nitrogens with two attached hydrogens (primary N) is 1. The fourth-order valence-electron chi connectivity index (χ4n) is 0.241. The van der Waals surface area contributed by atoms with E-state index in [9.17, 15) is 13.2 Å². The molecule has 0 bridgehead atoms. The van der Waals surface area contributed by atoms with Gasteiger partial charge in [0.1, 0.15) is 6.11 Å². The molecule has 0 aromatic rings. The summed E-state index contributed by atoms with van der Waals surface area (Å²) in [5.74, 6) is 2.15. The van der Waals surface area contributed by atoms with Crippen molar-refractivity contribution in [2.24, 2.45) is 5.73 Å². The Morgan fingerprint density at radius 1 is 1.64 bits per heavy atom. The summed E-state index contributed by atoms with van der Waals surface area (Å²) in [4.78, 5) is 9.98. The second kappa shape index (κ2) is 3.68. The lowest BCUT2D eigenvalue weighted by atomic mass is 10.8. The minimum Gasteiger partial charge on any atom is -0.351 e. The zero-order chi connectivity index (χ0) is 8.91. The third-order valence-corrected chi connectivity index (χ3v) is 1.23. The molecule has 0 unspecified atom stereocenters. The van der Waals surface area contributed by atoms with Crippen molar-refractivity contribution in [2.45, 2.75) is 6.92 Å². The molecule has 0 atom stereocenters. The third kappa shape index (κ3) is 5.05. The van der Waals surface area contributed by atoms with Crippen LogP contribution in [0.25, 0.3) is 0 Å². The summed E-state index contributed by atoms with van der Waals surface area (Å²) in [5, 5.41) is 0. The third-order valence-electron chi connectivity index (χ3n) is 0.479. The van der Waals surface area contributed by atoms with E-state index < -0.39 is 16.3 Å².